The lowest BCUT2D eigenvalue weighted by Gasteiger charge is -2.08. The van der Waals surface area contributed by atoms with Gasteiger partial charge in [-0.05, 0) is 36.3 Å². The maximum absolute atomic E-state index is 13.2. The van der Waals surface area contributed by atoms with E-state index in [4.69, 9.17) is 4.74 Å². The summed E-state index contributed by atoms with van der Waals surface area (Å²) in [5, 5.41) is 4.94. The van der Waals surface area contributed by atoms with Gasteiger partial charge in [0.1, 0.15) is 16.4 Å². The molecular formula is C22H18FNO3S. The number of rotatable bonds is 6. The number of halogens is 1. The van der Waals surface area contributed by atoms with Gasteiger partial charge in [-0.25, -0.2) is 9.18 Å². The number of hydrogen-bond acceptors (Lipinski definition) is 4. The monoisotopic (exact) mass is 395 g/mol. The number of carbonyl (C=O) groups is 2. The predicted octanol–water partition coefficient (Wildman–Crippen LogP) is 5.38. The zero-order valence-electron chi connectivity index (χ0n) is 15.1. The Morgan fingerprint density at radius 1 is 1.14 bits per heavy atom. The number of esters is 1. The fourth-order valence-electron chi connectivity index (χ4n) is 2.62. The van der Waals surface area contributed by atoms with Crippen molar-refractivity contribution in [1.29, 1.82) is 0 Å². The van der Waals surface area contributed by atoms with Crippen LogP contribution in [-0.4, -0.2) is 18.5 Å². The molecule has 0 aliphatic rings. The van der Waals surface area contributed by atoms with Crippen LogP contribution in [0.3, 0.4) is 0 Å². The van der Waals surface area contributed by atoms with Crippen LogP contribution in [0.2, 0.25) is 0 Å². The lowest BCUT2D eigenvalue weighted by atomic mass is 10.0. The lowest BCUT2D eigenvalue weighted by Crippen LogP contribution is -2.12. The highest BCUT2D eigenvalue weighted by atomic mass is 32.1. The summed E-state index contributed by atoms with van der Waals surface area (Å²) in [5.41, 5.74) is 2.45. The third-order valence-electron chi connectivity index (χ3n) is 3.87. The van der Waals surface area contributed by atoms with Crippen molar-refractivity contribution in [1.82, 2.24) is 0 Å². The number of carbonyl (C=O) groups excluding carboxylic acids is 2. The van der Waals surface area contributed by atoms with Crippen LogP contribution in [-0.2, 0) is 9.53 Å². The van der Waals surface area contributed by atoms with Crippen LogP contribution in [0.5, 0.6) is 0 Å². The smallest absolute Gasteiger partial charge is 0.341 e. The van der Waals surface area contributed by atoms with Gasteiger partial charge in [-0.1, -0.05) is 42.5 Å². The predicted molar refractivity (Wildman–Crippen MR) is 110 cm³/mol. The first-order chi connectivity index (χ1) is 13.6. The Morgan fingerprint density at radius 2 is 1.93 bits per heavy atom. The maximum Gasteiger partial charge on any atom is 0.341 e. The molecule has 0 saturated heterocycles. The Bertz CT molecular complexity index is 1010. The second-order valence-corrected chi connectivity index (χ2v) is 6.70. The lowest BCUT2D eigenvalue weighted by molar-refractivity contribution is -0.111. The van der Waals surface area contributed by atoms with Gasteiger partial charge >= 0.3 is 5.97 Å². The fourth-order valence-corrected chi connectivity index (χ4v) is 3.58. The first kappa shape index (κ1) is 19.5. The quantitative estimate of drug-likeness (QED) is 0.450. The molecule has 1 aromatic heterocycles. The van der Waals surface area contributed by atoms with Gasteiger partial charge in [-0.15, -0.1) is 11.3 Å². The van der Waals surface area contributed by atoms with Gasteiger partial charge in [0.15, 0.2) is 0 Å². The van der Waals surface area contributed by atoms with Crippen molar-refractivity contribution < 1.29 is 18.7 Å². The Morgan fingerprint density at radius 3 is 2.64 bits per heavy atom. The molecule has 0 atom stereocenters. The molecule has 6 heteroatoms. The Labute approximate surface area is 166 Å². The molecule has 1 N–H and O–H groups in total. The molecule has 2 aromatic carbocycles. The summed E-state index contributed by atoms with van der Waals surface area (Å²) >= 11 is 1.25. The Balaban J connectivity index is 1.86. The average Bonchev–Trinajstić information content (AvgIpc) is 3.11. The summed E-state index contributed by atoms with van der Waals surface area (Å²) in [4.78, 5) is 24.8. The van der Waals surface area contributed by atoms with Crippen molar-refractivity contribution >= 4 is 34.3 Å². The molecule has 0 fully saturated rings. The van der Waals surface area contributed by atoms with E-state index in [0.29, 0.717) is 21.7 Å². The largest absolute Gasteiger partial charge is 0.462 e. The van der Waals surface area contributed by atoms with Gasteiger partial charge in [-0.2, -0.15) is 0 Å². The van der Waals surface area contributed by atoms with Crippen molar-refractivity contribution in [2.75, 3.05) is 11.9 Å². The van der Waals surface area contributed by atoms with E-state index >= 15 is 0 Å². The number of amides is 1. The number of benzene rings is 2. The summed E-state index contributed by atoms with van der Waals surface area (Å²) in [6.07, 6.45) is 2.81. The Kier molecular flexibility index (Phi) is 6.34. The summed E-state index contributed by atoms with van der Waals surface area (Å²) < 4.78 is 18.4. The van der Waals surface area contributed by atoms with E-state index in [-0.39, 0.29) is 12.4 Å². The third kappa shape index (κ3) is 4.72. The first-order valence-corrected chi connectivity index (χ1v) is 9.55. The molecular weight excluding hydrogens is 377 g/mol. The van der Waals surface area contributed by atoms with Crippen LogP contribution in [0.25, 0.3) is 17.2 Å². The van der Waals surface area contributed by atoms with E-state index in [0.717, 1.165) is 5.56 Å². The van der Waals surface area contributed by atoms with Crippen LogP contribution in [0.1, 0.15) is 22.8 Å². The molecule has 4 nitrogen and oxygen atoms in total. The van der Waals surface area contributed by atoms with E-state index in [9.17, 15) is 14.0 Å². The van der Waals surface area contributed by atoms with Crippen molar-refractivity contribution in [3.63, 3.8) is 0 Å². The van der Waals surface area contributed by atoms with Gasteiger partial charge in [0, 0.05) is 17.0 Å². The minimum Gasteiger partial charge on any atom is -0.462 e. The number of anilines is 1. The third-order valence-corrected chi connectivity index (χ3v) is 4.76. The van der Waals surface area contributed by atoms with E-state index < -0.39 is 11.9 Å². The van der Waals surface area contributed by atoms with Crippen molar-refractivity contribution in [3.8, 4) is 11.1 Å². The van der Waals surface area contributed by atoms with Gasteiger partial charge in [0.25, 0.3) is 0 Å². The number of hydrogen-bond donors (Lipinski definition) is 1. The van der Waals surface area contributed by atoms with Crippen LogP contribution in [0.4, 0.5) is 9.39 Å². The first-order valence-electron chi connectivity index (χ1n) is 8.67. The maximum atomic E-state index is 13.2. The molecule has 3 aromatic rings. The minimum absolute atomic E-state index is 0.232. The van der Waals surface area contributed by atoms with E-state index in [2.05, 4.69) is 5.32 Å². The molecule has 0 aliphatic carbocycles. The van der Waals surface area contributed by atoms with Crippen LogP contribution < -0.4 is 5.32 Å². The second kappa shape index (κ2) is 9.10. The molecule has 1 heterocycles. The van der Waals surface area contributed by atoms with Crippen molar-refractivity contribution in [3.05, 3.63) is 83.0 Å². The normalized spacial score (nSPS) is 10.8. The summed E-state index contributed by atoms with van der Waals surface area (Å²) in [7, 11) is 0. The van der Waals surface area contributed by atoms with Gasteiger partial charge in [0.05, 0.1) is 6.61 Å². The number of ether oxygens (including phenoxy) is 1. The van der Waals surface area contributed by atoms with Gasteiger partial charge in [-0.3, -0.25) is 4.79 Å². The number of thiophene rings is 1. The SMILES string of the molecule is CCOC(=O)c1c(-c2ccccc2)csc1NC(=O)/C=C/c1cccc(F)c1. The molecule has 0 spiro atoms. The van der Waals surface area contributed by atoms with Crippen LogP contribution in [0, 0.1) is 5.82 Å². The highest BCUT2D eigenvalue weighted by Crippen LogP contribution is 2.36. The highest BCUT2D eigenvalue weighted by molar-refractivity contribution is 7.15. The minimum atomic E-state index is -0.494. The fraction of sp³-hybridized carbons (Fsp3) is 0.0909. The molecule has 3 rings (SSSR count). The second-order valence-electron chi connectivity index (χ2n) is 5.82. The molecule has 0 radical (unpaired) electrons. The zero-order valence-corrected chi connectivity index (χ0v) is 16.0. The molecule has 0 unspecified atom stereocenters. The molecule has 142 valence electrons. The van der Waals surface area contributed by atoms with Crippen LogP contribution >= 0.6 is 11.3 Å². The average molecular weight is 395 g/mol. The molecule has 28 heavy (non-hydrogen) atoms. The molecule has 0 aliphatic heterocycles. The van der Waals surface area contributed by atoms with E-state index in [1.54, 1.807) is 19.1 Å². The topological polar surface area (TPSA) is 55.4 Å². The molecule has 0 saturated carbocycles. The summed E-state index contributed by atoms with van der Waals surface area (Å²) in [6, 6.07) is 15.3. The highest BCUT2D eigenvalue weighted by Gasteiger charge is 2.22. The van der Waals surface area contributed by atoms with Gasteiger partial charge < -0.3 is 10.1 Å². The van der Waals surface area contributed by atoms with Crippen LogP contribution in [0.15, 0.2) is 66.1 Å². The molecule has 1 amide bonds. The van der Waals surface area contributed by atoms with Crippen molar-refractivity contribution in [2.45, 2.75) is 6.92 Å². The van der Waals surface area contributed by atoms with Gasteiger partial charge in [0.2, 0.25) is 5.91 Å². The Hall–Kier alpha value is -3.25. The summed E-state index contributed by atoms with van der Waals surface area (Å²) in [5.74, 6) is -1.29. The van der Waals surface area contributed by atoms with E-state index in [1.165, 1.54) is 35.6 Å². The standard InChI is InChI=1S/C22H18FNO3S/c1-2-27-22(26)20-18(16-8-4-3-5-9-16)14-28-21(20)24-19(25)12-11-15-7-6-10-17(23)13-15/h3-14H,2H2,1H3,(H,24,25)/b12-11+. The van der Waals surface area contributed by atoms with E-state index in [1.807, 2.05) is 35.7 Å². The number of nitrogens with one attached hydrogen (secondary N) is 1. The zero-order chi connectivity index (χ0) is 19.9. The summed E-state index contributed by atoms with van der Waals surface area (Å²) in [6.45, 7) is 1.96. The van der Waals surface area contributed by atoms with Crippen molar-refractivity contribution in [2.24, 2.45) is 0 Å². The molecule has 0 bridgehead atoms.